The van der Waals surface area contributed by atoms with Crippen molar-refractivity contribution in [2.24, 2.45) is 5.92 Å². The minimum atomic E-state index is 0.198. The molecule has 0 heterocycles. The minimum absolute atomic E-state index is 0.198. The smallest absolute Gasteiger partial charge is 0.0653 e. The average molecular weight is 126 g/mol. The Bertz CT molecular complexity index is 93.6. The van der Waals surface area contributed by atoms with E-state index in [-0.39, 0.29) is 5.92 Å². The summed E-state index contributed by atoms with van der Waals surface area (Å²) in [5, 5.41) is 11.5. The maximum atomic E-state index is 8.36. The Morgan fingerprint density at radius 2 is 2.33 bits per heavy atom. The monoisotopic (exact) mass is 126 g/mol. The fraction of sp³-hybridized carbons (Fsp3) is 0.857. The van der Waals surface area contributed by atoms with E-state index in [9.17, 15) is 0 Å². The maximum absolute atomic E-state index is 8.36. The summed E-state index contributed by atoms with van der Waals surface area (Å²) in [5.41, 5.74) is 0. The first-order chi connectivity index (χ1) is 4.31. The molecule has 1 atom stereocenters. The first-order valence-electron chi connectivity index (χ1n) is 3.41. The van der Waals surface area contributed by atoms with Gasteiger partial charge in [0.1, 0.15) is 0 Å². The zero-order valence-electron chi connectivity index (χ0n) is 6.15. The molecule has 0 fully saturated rings. The number of nitriles is 1. The second-order valence-electron chi connectivity index (χ2n) is 2.17. The molecule has 1 N–H and O–H groups in total. The van der Waals surface area contributed by atoms with E-state index in [4.69, 9.17) is 5.26 Å². The highest BCUT2D eigenvalue weighted by atomic mass is 14.8. The van der Waals surface area contributed by atoms with Crippen molar-refractivity contribution in [3.63, 3.8) is 0 Å². The van der Waals surface area contributed by atoms with Crippen molar-refractivity contribution in [1.29, 1.82) is 5.26 Å². The van der Waals surface area contributed by atoms with Crippen molar-refractivity contribution in [3.8, 4) is 6.07 Å². The van der Waals surface area contributed by atoms with Crippen molar-refractivity contribution in [1.82, 2.24) is 5.32 Å². The lowest BCUT2D eigenvalue weighted by Crippen LogP contribution is -2.15. The normalized spacial score (nSPS) is 12.6. The first kappa shape index (κ1) is 8.45. The van der Waals surface area contributed by atoms with E-state index in [1.165, 1.54) is 0 Å². The Hall–Kier alpha value is -0.550. The maximum Gasteiger partial charge on any atom is 0.0653 e. The van der Waals surface area contributed by atoms with Gasteiger partial charge in [0.2, 0.25) is 0 Å². The molecule has 0 aromatic heterocycles. The Morgan fingerprint density at radius 1 is 1.67 bits per heavy atom. The minimum Gasteiger partial charge on any atom is -0.317 e. The van der Waals surface area contributed by atoms with Crippen LogP contribution in [-0.2, 0) is 0 Å². The van der Waals surface area contributed by atoms with E-state index in [1.54, 1.807) is 0 Å². The Balaban J connectivity index is 2.99. The largest absolute Gasteiger partial charge is 0.317 e. The molecule has 0 rings (SSSR count). The molecule has 2 heteroatoms. The van der Waals surface area contributed by atoms with Gasteiger partial charge in [-0.25, -0.2) is 0 Å². The summed E-state index contributed by atoms with van der Waals surface area (Å²) in [4.78, 5) is 0. The number of hydrogen-bond donors (Lipinski definition) is 1. The van der Waals surface area contributed by atoms with Crippen LogP contribution in [0.25, 0.3) is 0 Å². The summed E-state index contributed by atoms with van der Waals surface area (Å²) >= 11 is 0. The van der Waals surface area contributed by atoms with Gasteiger partial charge in [-0.15, -0.1) is 0 Å². The molecular formula is C7H14N2. The highest BCUT2D eigenvalue weighted by Gasteiger charge is 1.95. The molecule has 52 valence electrons. The summed E-state index contributed by atoms with van der Waals surface area (Å²) in [6, 6.07) is 2.18. The van der Waals surface area contributed by atoms with Crippen LogP contribution in [0.3, 0.4) is 0 Å². The quantitative estimate of drug-likeness (QED) is 0.573. The molecule has 9 heavy (non-hydrogen) atoms. The molecule has 0 bridgehead atoms. The van der Waals surface area contributed by atoms with E-state index < -0.39 is 0 Å². The van der Waals surface area contributed by atoms with Crippen molar-refractivity contribution >= 4 is 0 Å². The molecule has 0 aromatic rings. The van der Waals surface area contributed by atoms with Crippen LogP contribution in [0.4, 0.5) is 0 Å². The highest BCUT2D eigenvalue weighted by Crippen LogP contribution is 1.95. The molecule has 0 spiro atoms. The van der Waals surface area contributed by atoms with Crippen LogP contribution in [0.5, 0.6) is 0 Å². The van der Waals surface area contributed by atoms with E-state index in [2.05, 4.69) is 18.3 Å². The summed E-state index contributed by atoms with van der Waals surface area (Å²) in [5.74, 6) is 0.198. The summed E-state index contributed by atoms with van der Waals surface area (Å²) in [7, 11) is 0. The number of hydrogen-bond acceptors (Lipinski definition) is 2. The second kappa shape index (κ2) is 5.58. The average Bonchev–Trinajstić information content (AvgIpc) is 1.89. The third kappa shape index (κ3) is 5.32. The van der Waals surface area contributed by atoms with Crippen LogP contribution >= 0.6 is 0 Å². The van der Waals surface area contributed by atoms with Crippen LogP contribution in [0, 0.1) is 17.2 Å². The summed E-state index contributed by atoms with van der Waals surface area (Å²) in [6.07, 6.45) is 0.963. The SMILES string of the molecule is CCNCC[C@H](C)C#N. The van der Waals surface area contributed by atoms with Crippen molar-refractivity contribution in [2.75, 3.05) is 13.1 Å². The number of nitrogens with one attached hydrogen (secondary N) is 1. The predicted octanol–water partition coefficient (Wildman–Crippen LogP) is 1.15. The molecule has 0 radical (unpaired) electrons. The molecule has 0 amide bonds. The topological polar surface area (TPSA) is 35.8 Å². The summed E-state index contributed by atoms with van der Waals surface area (Å²) < 4.78 is 0. The van der Waals surface area contributed by atoms with E-state index in [0.29, 0.717) is 0 Å². The van der Waals surface area contributed by atoms with Crippen molar-refractivity contribution in [3.05, 3.63) is 0 Å². The van der Waals surface area contributed by atoms with Gasteiger partial charge >= 0.3 is 0 Å². The molecule has 0 aliphatic rings. The molecular weight excluding hydrogens is 112 g/mol. The van der Waals surface area contributed by atoms with Gasteiger partial charge in [0, 0.05) is 5.92 Å². The Morgan fingerprint density at radius 3 is 2.78 bits per heavy atom. The van der Waals surface area contributed by atoms with Crippen LogP contribution in [-0.4, -0.2) is 13.1 Å². The van der Waals surface area contributed by atoms with E-state index >= 15 is 0 Å². The molecule has 2 nitrogen and oxygen atoms in total. The van der Waals surface area contributed by atoms with Gasteiger partial charge in [-0.1, -0.05) is 6.92 Å². The van der Waals surface area contributed by atoms with Gasteiger partial charge in [-0.3, -0.25) is 0 Å². The van der Waals surface area contributed by atoms with Crippen LogP contribution in [0.1, 0.15) is 20.3 Å². The van der Waals surface area contributed by atoms with Crippen molar-refractivity contribution < 1.29 is 0 Å². The third-order valence-corrected chi connectivity index (χ3v) is 1.22. The van der Waals surface area contributed by atoms with Crippen molar-refractivity contribution in [2.45, 2.75) is 20.3 Å². The van der Waals surface area contributed by atoms with Gasteiger partial charge < -0.3 is 5.32 Å². The first-order valence-corrected chi connectivity index (χ1v) is 3.41. The van der Waals surface area contributed by atoms with Gasteiger partial charge in [-0.05, 0) is 26.4 Å². The van der Waals surface area contributed by atoms with E-state index in [1.807, 2.05) is 6.92 Å². The zero-order valence-corrected chi connectivity index (χ0v) is 6.15. The standard InChI is InChI=1S/C7H14N2/c1-3-9-5-4-7(2)6-8/h7,9H,3-5H2,1-2H3/t7-/m0/s1. The fourth-order valence-corrected chi connectivity index (χ4v) is 0.560. The fourth-order valence-electron chi connectivity index (χ4n) is 0.560. The molecule has 0 aliphatic carbocycles. The van der Waals surface area contributed by atoms with Crippen LogP contribution in [0.15, 0.2) is 0 Å². The molecule has 0 saturated heterocycles. The molecule has 0 aliphatic heterocycles. The Labute approximate surface area is 56.9 Å². The van der Waals surface area contributed by atoms with Gasteiger partial charge in [-0.2, -0.15) is 5.26 Å². The van der Waals surface area contributed by atoms with Crippen LogP contribution < -0.4 is 5.32 Å². The number of nitrogens with zero attached hydrogens (tertiary/aromatic N) is 1. The zero-order chi connectivity index (χ0) is 7.11. The third-order valence-electron chi connectivity index (χ3n) is 1.22. The lowest BCUT2D eigenvalue weighted by atomic mass is 10.1. The molecule has 0 aromatic carbocycles. The number of rotatable bonds is 4. The van der Waals surface area contributed by atoms with E-state index in [0.717, 1.165) is 19.5 Å². The predicted molar refractivity (Wildman–Crippen MR) is 37.9 cm³/mol. The lowest BCUT2D eigenvalue weighted by molar-refractivity contribution is 0.595. The van der Waals surface area contributed by atoms with Gasteiger partial charge in [0.15, 0.2) is 0 Å². The Kier molecular flexibility index (Phi) is 5.24. The summed E-state index contributed by atoms with van der Waals surface area (Å²) in [6.45, 7) is 5.97. The highest BCUT2D eigenvalue weighted by molar-refractivity contribution is 4.78. The molecule has 0 unspecified atom stereocenters. The molecule has 0 saturated carbocycles. The van der Waals surface area contributed by atoms with Gasteiger partial charge in [0.05, 0.1) is 6.07 Å². The van der Waals surface area contributed by atoms with Gasteiger partial charge in [0.25, 0.3) is 0 Å². The lowest BCUT2D eigenvalue weighted by Gasteiger charge is -2.00. The van der Waals surface area contributed by atoms with Crippen LogP contribution in [0.2, 0.25) is 0 Å². The second-order valence-corrected chi connectivity index (χ2v) is 2.17.